The second-order valence-electron chi connectivity index (χ2n) is 8.73. The third kappa shape index (κ3) is 4.54. The molecule has 0 aliphatic carbocycles. The normalized spacial score (nSPS) is 15.0. The van der Waals surface area contributed by atoms with Crippen LogP contribution in [0, 0.1) is 5.92 Å². The number of ether oxygens (including phenoxy) is 2. The van der Waals surface area contributed by atoms with E-state index in [-0.39, 0.29) is 21.9 Å². The van der Waals surface area contributed by atoms with E-state index in [9.17, 15) is 13.2 Å². The maximum Gasteiger partial charge on any atom is 0.410 e. The average molecular weight is 443 g/mol. The van der Waals surface area contributed by atoms with Gasteiger partial charge in [0.25, 0.3) is 0 Å². The molecule has 2 aromatic carbocycles. The molecule has 1 amide bonds. The van der Waals surface area contributed by atoms with Crippen molar-refractivity contribution in [3.63, 3.8) is 0 Å². The van der Waals surface area contributed by atoms with Gasteiger partial charge in [-0.2, -0.15) is 0 Å². The summed E-state index contributed by atoms with van der Waals surface area (Å²) >= 11 is 0. The number of rotatable bonds is 5. The number of aromatic amines is 1. The van der Waals surface area contributed by atoms with Crippen molar-refractivity contribution in [1.29, 1.82) is 0 Å². The number of H-pyrrole nitrogens is 1. The Morgan fingerprint density at radius 1 is 1.10 bits per heavy atom. The van der Waals surface area contributed by atoms with E-state index in [1.807, 2.05) is 39.0 Å². The van der Waals surface area contributed by atoms with Gasteiger partial charge in [-0.1, -0.05) is 24.3 Å². The lowest BCUT2D eigenvalue weighted by Crippen LogP contribution is -2.53. The second-order valence-corrected chi connectivity index (χ2v) is 10.6. The molecule has 1 aromatic heterocycles. The molecular formula is C23H26N2O5S. The van der Waals surface area contributed by atoms with Crippen LogP contribution < -0.4 is 4.74 Å². The SMILES string of the molecule is CC(C)(C)OC(=O)N1CC(COc2cccc3[nH]c(S(=O)(=O)c4ccccc4)cc23)C1. The van der Waals surface area contributed by atoms with Crippen molar-refractivity contribution in [3.05, 3.63) is 54.6 Å². The predicted octanol–water partition coefficient (Wildman–Crippen LogP) is 4.25. The quantitative estimate of drug-likeness (QED) is 0.638. The van der Waals surface area contributed by atoms with E-state index in [2.05, 4.69) is 4.98 Å². The number of benzene rings is 2. The second kappa shape index (κ2) is 7.92. The molecule has 0 bridgehead atoms. The molecule has 164 valence electrons. The van der Waals surface area contributed by atoms with E-state index < -0.39 is 15.4 Å². The van der Waals surface area contributed by atoms with Crippen LogP contribution in [0.25, 0.3) is 10.9 Å². The molecule has 1 aliphatic rings. The standard InChI is InChI=1S/C23H26N2O5S/c1-23(2,3)30-22(26)25-13-16(14-25)15-29-20-11-7-10-19-18(20)12-21(24-19)31(27,28)17-8-5-4-6-9-17/h4-12,16,24H,13-15H2,1-3H3. The topological polar surface area (TPSA) is 88.7 Å². The van der Waals surface area contributed by atoms with Crippen LogP contribution in [0.3, 0.4) is 0 Å². The first kappa shape index (κ1) is 21.2. The Kier molecular flexibility index (Phi) is 5.43. The largest absolute Gasteiger partial charge is 0.492 e. The van der Waals surface area contributed by atoms with Gasteiger partial charge >= 0.3 is 6.09 Å². The molecule has 1 aliphatic heterocycles. The third-order valence-electron chi connectivity index (χ3n) is 5.03. The summed E-state index contributed by atoms with van der Waals surface area (Å²) in [6.45, 7) is 7.11. The van der Waals surface area contributed by atoms with Crippen molar-refractivity contribution in [2.45, 2.75) is 36.3 Å². The van der Waals surface area contributed by atoms with Gasteiger partial charge in [-0.25, -0.2) is 13.2 Å². The molecular weight excluding hydrogens is 416 g/mol. The summed E-state index contributed by atoms with van der Waals surface area (Å²) in [5, 5.41) is 0.838. The zero-order chi connectivity index (χ0) is 22.2. The number of nitrogens with one attached hydrogen (secondary N) is 1. The summed E-state index contributed by atoms with van der Waals surface area (Å²) in [4.78, 5) is 16.9. The minimum atomic E-state index is -3.64. The molecule has 7 nitrogen and oxygen atoms in total. The van der Waals surface area contributed by atoms with Gasteiger partial charge in [0.05, 0.1) is 17.0 Å². The molecule has 1 saturated heterocycles. The van der Waals surface area contributed by atoms with E-state index in [0.29, 0.717) is 36.3 Å². The Hall–Kier alpha value is -3.00. The summed E-state index contributed by atoms with van der Waals surface area (Å²) in [5.74, 6) is 0.813. The summed E-state index contributed by atoms with van der Waals surface area (Å²) in [6, 6.07) is 15.4. The zero-order valence-electron chi connectivity index (χ0n) is 17.8. The summed E-state index contributed by atoms with van der Waals surface area (Å²) in [5.41, 5.74) is 0.177. The van der Waals surface area contributed by atoms with E-state index in [1.165, 1.54) is 0 Å². The van der Waals surface area contributed by atoms with E-state index in [4.69, 9.17) is 9.47 Å². The number of amides is 1. The molecule has 0 atom stereocenters. The Labute approximate surface area is 181 Å². The highest BCUT2D eigenvalue weighted by Gasteiger charge is 2.34. The smallest absolute Gasteiger partial charge is 0.410 e. The lowest BCUT2D eigenvalue weighted by Gasteiger charge is -2.39. The van der Waals surface area contributed by atoms with Gasteiger partial charge in [0.1, 0.15) is 16.4 Å². The fourth-order valence-corrected chi connectivity index (χ4v) is 4.74. The lowest BCUT2D eigenvalue weighted by molar-refractivity contribution is -0.00772. The van der Waals surface area contributed by atoms with Crippen molar-refractivity contribution in [3.8, 4) is 5.75 Å². The minimum absolute atomic E-state index is 0.129. The van der Waals surface area contributed by atoms with Crippen LogP contribution >= 0.6 is 0 Å². The molecule has 8 heteroatoms. The fraction of sp³-hybridized carbons (Fsp3) is 0.348. The number of likely N-dealkylation sites (tertiary alicyclic amines) is 1. The van der Waals surface area contributed by atoms with E-state index >= 15 is 0 Å². The fourth-order valence-electron chi connectivity index (χ4n) is 3.46. The van der Waals surface area contributed by atoms with Crippen LogP contribution in [-0.4, -0.2) is 49.7 Å². The summed E-state index contributed by atoms with van der Waals surface area (Å²) in [7, 11) is -3.64. The van der Waals surface area contributed by atoms with Crippen LogP contribution in [0.5, 0.6) is 5.75 Å². The average Bonchev–Trinajstić information content (AvgIpc) is 3.12. The number of hydrogen-bond acceptors (Lipinski definition) is 5. The third-order valence-corrected chi connectivity index (χ3v) is 6.72. The molecule has 31 heavy (non-hydrogen) atoms. The molecule has 0 spiro atoms. The van der Waals surface area contributed by atoms with E-state index in [0.717, 1.165) is 0 Å². The van der Waals surface area contributed by atoms with Gasteiger partial charge in [-0.05, 0) is 51.1 Å². The Morgan fingerprint density at radius 2 is 1.81 bits per heavy atom. The van der Waals surface area contributed by atoms with Gasteiger partial charge in [0.2, 0.25) is 9.84 Å². The zero-order valence-corrected chi connectivity index (χ0v) is 18.6. The molecule has 1 N–H and O–H groups in total. The summed E-state index contributed by atoms with van der Waals surface area (Å²) < 4.78 is 37.2. The number of nitrogens with zero attached hydrogens (tertiary/aromatic N) is 1. The number of fused-ring (bicyclic) bond motifs is 1. The Bertz CT molecular complexity index is 1190. The van der Waals surface area contributed by atoms with Crippen LogP contribution in [0.4, 0.5) is 4.79 Å². The lowest BCUT2D eigenvalue weighted by atomic mass is 10.0. The van der Waals surface area contributed by atoms with Gasteiger partial charge in [-0.3, -0.25) is 0 Å². The molecule has 3 aromatic rings. The van der Waals surface area contributed by atoms with Gasteiger partial charge in [0.15, 0.2) is 0 Å². The number of aromatic nitrogens is 1. The van der Waals surface area contributed by atoms with E-state index in [1.54, 1.807) is 41.3 Å². The Balaban J connectivity index is 1.44. The maximum atomic E-state index is 12.9. The highest BCUT2D eigenvalue weighted by Crippen LogP contribution is 2.31. The minimum Gasteiger partial charge on any atom is -0.492 e. The van der Waals surface area contributed by atoms with Gasteiger partial charge in [-0.15, -0.1) is 0 Å². The number of carbonyl (C=O) groups excluding carboxylic acids is 1. The van der Waals surface area contributed by atoms with Crippen LogP contribution in [-0.2, 0) is 14.6 Å². The molecule has 0 saturated carbocycles. The highest BCUT2D eigenvalue weighted by molar-refractivity contribution is 7.91. The molecule has 0 radical (unpaired) electrons. The van der Waals surface area contributed by atoms with Crippen molar-refractivity contribution >= 4 is 26.8 Å². The van der Waals surface area contributed by atoms with Crippen molar-refractivity contribution in [2.75, 3.05) is 19.7 Å². The number of sulfone groups is 1. The van der Waals surface area contributed by atoms with Crippen LogP contribution in [0.1, 0.15) is 20.8 Å². The highest BCUT2D eigenvalue weighted by atomic mass is 32.2. The van der Waals surface area contributed by atoms with Gasteiger partial charge < -0.3 is 19.4 Å². The first-order chi connectivity index (χ1) is 14.6. The molecule has 1 fully saturated rings. The first-order valence-electron chi connectivity index (χ1n) is 10.2. The van der Waals surface area contributed by atoms with Crippen LogP contribution in [0.2, 0.25) is 0 Å². The van der Waals surface area contributed by atoms with Crippen LogP contribution in [0.15, 0.2) is 64.5 Å². The predicted molar refractivity (Wildman–Crippen MR) is 117 cm³/mol. The van der Waals surface area contributed by atoms with Crippen molar-refractivity contribution in [2.24, 2.45) is 5.92 Å². The Morgan fingerprint density at radius 3 is 2.48 bits per heavy atom. The maximum absolute atomic E-state index is 12.9. The number of carbonyl (C=O) groups is 1. The number of hydrogen-bond donors (Lipinski definition) is 1. The monoisotopic (exact) mass is 442 g/mol. The van der Waals surface area contributed by atoms with Gasteiger partial charge in [0, 0.05) is 24.4 Å². The first-order valence-corrected chi connectivity index (χ1v) is 11.6. The summed E-state index contributed by atoms with van der Waals surface area (Å²) in [6.07, 6.45) is -0.313. The molecule has 0 unspecified atom stereocenters. The van der Waals surface area contributed by atoms with Crippen molar-refractivity contribution in [1.82, 2.24) is 9.88 Å². The molecule has 4 rings (SSSR count). The molecule has 2 heterocycles. The van der Waals surface area contributed by atoms with Crippen molar-refractivity contribution < 1.29 is 22.7 Å².